The first-order chi connectivity index (χ1) is 4.20. The molecule has 0 aliphatic rings. The highest BCUT2D eigenvalue weighted by Gasteiger charge is 2.03. The van der Waals surface area contributed by atoms with E-state index in [1.165, 1.54) is 12.8 Å². The van der Waals surface area contributed by atoms with E-state index in [1.807, 2.05) is 0 Å². The molecule has 0 heterocycles. The Morgan fingerprint density at radius 2 is 1.78 bits per heavy atom. The van der Waals surface area contributed by atoms with E-state index in [4.69, 9.17) is 7.85 Å². The van der Waals surface area contributed by atoms with Gasteiger partial charge in [0.05, 0.1) is 7.85 Å². The van der Waals surface area contributed by atoms with Crippen molar-refractivity contribution < 1.29 is 0 Å². The fourth-order valence-electron chi connectivity index (χ4n) is 0.950. The van der Waals surface area contributed by atoms with Crippen molar-refractivity contribution in [2.75, 3.05) is 0 Å². The van der Waals surface area contributed by atoms with Crippen LogP contribution in [0.2, 0.25) is 6.32 Å². The van der Waals surface area contributed by atoms with Gasteiger partial charge in [-0.15, -0.1) is 0 Å². The smallest absolute Gasteiger partial charge is 0.0656 e. The van der Waals surface area contributed by atoms with Crippen LogP contribution >= 0.6 is 0 Å². The summed E-state index contributed by atoms with van der Waals surface area (Å²) < 4.78 is 0. The van der Waals surface area contributed by atoms with Crippen LogP contribution in [0.4, 0.5) is 0 Å². The molecule has 0 fully saturated rings. The molecule has 2 radical (unpaired) electrons. The minimum absolute atomic E-state index is 0.708. The topological polar surface area (TPSA) is 0 Å². The van der Waals surface area contributed by atoms with Gasteiger partial charge in [0, 0.05) is 0 Å². The predicted octanol–water partition coefficient (Wildman–Crippen LogP) is 2.65. The van der Waals surface area contributed by atoms with E-state index in [0.717, 1.165) is 12.2 Å². The lowest BCUT2D eigenvalue weighted by molar-refractivity contribution is 0.429. The Hall–Kier alpha value is 0.0649. The average molecular weight is 124 g/mol. The average Bonchev–Trinajstić information content (AvgIpc) is 1.87. The highest BCUT2D eigenvalue weighted by Crippen LogP contribution is 2.16. The van der Waals surface area contributed by atoms with Crippen LogP contribution in [0.15, 0.2) is 0 Å². The van der Waals surface area contributed by atoms with Gasteiger partial charge in [0.15, 0.2) is 0 Å². The standard InChI is InChI=1S/C8H17B/c1-4-7(2)5-8(3)6-9/h7-8H,4-6H2,1-3H3. The molecule has 0 aromatic rings. The Kier molecular flexibility index (Phi) is 4.93. The van der Waals surface area contributed by atoms with Gasteiger partial charge in [0.25, 0.3) is 0 Å². The van der Waals surface area contributed by atoms with Crippen LogP contribution in [-0.4, -0.2) is 7.85 Å². The monoisotopic (exact) mass is 124 g/mol. The van der Waals surface area contributed by atoms with Crippen LogP contribution in [-0.2, 0) is 0 Å². The lowest BCUT2D eigenvalue weighted by Crippen LogP contribution is -2.00. The minimum Gasteiger partial charge on any atom is -0.0862 e. The SMILES string of the molecule is [B]CC(C)CC(C)CC. The molecule has 2 atom stereocenters. The second-order valence-corrected chi connectivity index (χ2v) is 3.09. The van der Waals surface area contributed by atoms with Crippen LogP contribution in [0.1, 0.15) is 33.6 Å². The Bertz CT molecular complexity index is 53.6. The molecule has 0 saturated carbocycles. The van der Waals surface area contributed by atoms with Gasteiger partial charge >= 0.3 is 0 Å². The third-order valence-corrected chi connectivity index (χ3v) is 1.90. The van der Waals surface area contributed by atoms with Gasteiger partial charge in [-0.05, 0) is 12.3 Å². The number of hydrogen-bond acceptors (Lipinski definition) is 0. The molecule has 0 saturated heterocycles. The van der Waals surface area contributed by atoms with E-state index in [9.17, 15) is 0 Å². The molecular weight excluding hydrogens is 107 g/mol. The number of rotatable bonds is 4. The van der Waals surface area contributed by atoms with Gasteiger partial charge in [0.1, 0.15) is 0 Å². The molecule has 0 amide bonds. The van der Waals surface area contributed by atoms with E-state index in [-0.39, 0.29) is 0 Å². The highest BCUT2D eigenvalue weighted by molar-refractivity contribution is 6.08. The van der Waals surface area contributed by atoms with Crippen LogP contribution in [0.25, 0.3) is 0 Å². The van der Waals surface area contributed by atoms with Crippen LogP contribution in [0.3, 0.4) is 0 Å². The molecule has 0 aromatic carbocycles. The highest BCUT2D eigenvalue weighted by atomic mass is 14.1. The third kappa shape index (κ3) is 4.56. The quantitative estimate of drug-likeness (QED) is 0.505. The van der Waals surface area contributed by atoms with Gasteiger partial charge in [-0.2, -0.15) is 0 Å². The van der Waals surface area contributed by atoms with Gasteiger partial charge in [-0.3, -0.25) is 0 Å². The Labute approximate surface area is 60.4 Å². The van der Waals surface area contributed by atoms with Gasteiger partial charge in [0.2, 0.25) is 0 Å². The molecule has 0 spiro atoms. The summed E-state index contributed by atoms with van der Waals surface area (Å²) in [4.78, 5) is 0. The zero-order valence-corrected chi connectivity index (χ0v) is 6.85. The second kappa shape index (κ2) is 4.90. The molecule has 2 unspecified atom stereocenters. The summed E-state index contributed by atoms with van der Waals surface area (Å²) in [7, 11) is 5.48. The molecule has 52 valence electrons. The van der Waals surface area contributed by atoms with E-state index >= 15 is 0 Å². The van der Waals surface area contributed by atoms with E-state index in [1.54, 1.807) is 0 Å². The van der Waals surface area contributed by atoms with Crippen LogP contribution < -0.4 is 0 Å². The molecule has 0 aliphatic heterocycles. The van der Waals surface area contributed by atoms with E-state index < -0.39 is 0 Å². The summed E-state index contributed by atoms with van der Waals surface area (Å²) in [6, 6.07) is 0. The summed E-state index contributed by atoms with van der Waals surface area (Å²) >= 11 is 0. The van der Waals surface area contributed by atoms with Crippen molar-refractivity contribution in [3.8, 4) is 0 Å². The summed E-state index contributed by atoms with van der Waals surface area (Å²) in [6.07, 6.45) is 3.40. The molecule has 1 heteroatoms. The fourth-order valence-corrected chi connectivity index (χ4v) is 0.950. The lowest BCUT2D eigenvalue weighted by Gasteiger charge is -2.13. The van der Waals surface area contributed by atoms with Crippen molar-refractivity contribution in [3.63, 3.8) is 0 Å². The second-order valence-electron chi connectivity index (χ2n) is 3.09. The molecule has 0 aromatic heterocycles. The zero-order chi connectivity index (χ0) is 7.28. The van der Waals surface area contributed by atoms with Crippen molar-refractivity contribution in [1.82, 2.24) is 0 Å². The summed E-state index contributed by atoms with van der Waals surface area (Å²) in [5.74, 6) is 1.56. The molecular formula is C8H17B. The fraction of sp³-hybridized carbons (Fsp3) is 1.00. The van der Waals surface area contributed by atoms with E-state index in [0.29, 0.717) is 5.92 Å². The normalized spacial score (nSPS) is 17.2. The summed E-state index contributed by atoms with van der Waals surface area (Å²) in [6.45, 7) is 6.73. The predicted molar refractivity (Wildman–Crippen MR) is 43.8 cm³/mol. The molecule has 0 bridgehead atoms. The van der Waals surface area contributed by atoms with Crippen molar-refractivity contribution in [3.05, 3.63) is 0 Å². The summed E-state index contributed by atoms with van der Waals surface area (Å²) in [5, 5.41) is 0. The van der Waals surface area contributed by atoms with Crippen molar-refractivity contribution in [2.24, 2.45) is 11.8 Å². The van der Waals surface area contributed by atoms with Gasteiger partial charge in [-0.25, -0.2) is 0 Å². The largest absolute Gasteiger partial charge is 0.0862 e. The maximum Gasteiger partial charge on any atom is 0.0656 e. The first-order valence-electron chi connectivity index (χ1n) is 3.90. The first kappa shape index (κ1) is 9.06. The van der Waals surface area contributed by atoms with E-state index in [2.05, 4.69) is 20.8 Å². The maximum atomic E-state index is 5.48. The first-order valence-corrected chi connectivity index (χ1v) is 3.90. The molecule has 0 rings (SSSR count). The minimum atomic E-state index is 0.708. The Morgan fingerprint density at radius 3 is 2.11 bits per heavy atom. The van der Waals surface area contributed by atoms with Crippen molar-refractivity contribution in [1.29, 1.82) is 0 Å². The molecule has 0 aliphatic carbocycles. The lowest BCUT2D eigenvalue weighted by atomic mass is 9.85. The van der Waals surface area contributed by atoms with Crippen LogP contribution in [0.5, 0.6) is 0 Å². The Balaban J connectivity index is 3.22. The van der Waals surface area contributed by atoms with Gasteiger partial charge in [-0.1, -0.05) is 39.4 Å². The molecule has 0 nitrogen and oxygen atoms in total. The molecule has 9 heavy (non-hydrogen) atoms. The van der Waals surface area contributed by atoms with Crippen molar-refractivity contribution in [2.45, 2.75) is 39.9 Å². The molecule has 0 N–H and O–H groups in total. The van der Waals surface area contributed by atoms with Crippen molar-refractivity contribution >= 4 is 7.85 Å². The van der Waals surface area contributed by atoms with Crippen LogP contribution in [0, 0.1) is 11.8 Å². The number of hydrogen-bond donors (Lipinski definition) is 0. The third-order valence-electron chi connectivity index (χ3n) is 1.90. The Morgan fingerprint density at radius 1 is 1.22 bits per heavy atom. The zero-order valence-electron chi connectivity index (χ0n) is 6.85. The van der Waals surface area contributed by atoms with Gasteiger partial charge < -0.3 is 0 Å². The summed E-state index contributed by atoms with van der Waals surface area (Å²) in [5.41, 5.74) is 0. The maximum absolute atomic E-state index is 5.48.